The number of benzene rings is 2. The Kier molecular flexibility index (Phi) is 5.38. The quantitative estimate of drug-likeness (QED) is 0.641. The summed E-state index contributed by atoms with van der Waals surface area (Å²) in [6.07, 6.45) is 5.99. The van der Waals surface area contributed by atoms with Crippen molar-refractivity contribution >= 4 is 12.0 Å². The molecule has 1 aliphatic rings. The van der Waals surface area contributed by atoms with E-state index in [1.54, 1.807) is 30.5 Å². The van der Waals surface area contributed by atoms with Crippen molar-refractivity contribution in [2.75, 3.05) is 6.79 Å². The van der Waals surface area contributed by atoms with E-state index in [-0.39, 0.29) is 18.4 Å². The van der Waals surface area contributed by atoms with Gasteiger partial charge in [-0.05, 0) is 53.6 Å². The number of rotatable bonds is 6. The van der Waals surface area contributed by atoms with Crippen LogP contribution in [0.5, 0.6) is 23.0 Å². The molecule has 0 saturated carbocycles. The number of nitrogens with one attached hydrogen (secondary N) is 1. The molecule has 1 aromatic heterocycles. The highest BCUT2D eigenvalue weighted by Crippen LogP contribution is 2.32. The van der Waals surface area contributed by atoms with E-state index in [4.69, 9.17) is 14.2 Å². The molecule has 1 amide bonds. The molecule has 0 bridgehead atoms. The molecule has 0 radical (unpaired) electrons. The Morgan fingerprint density at radius 3 is 2.90 bits per heavy atom. The van der Waals surface area contributed by atoms with Gasteiger partial charge < -0.3 is 19.5 Å². The van der Waals surface area contributed by atoms with Crippen LogP contribution in [0.4, 0.5) is 4.39 Å². The first-order chi connectivity index (χ1) is 14.2. The maximum absolute atomic E-state index is 14.2. The van der Waals surface area contributed by atoms with Crippen molar-refractivity contribution in [3.05, 3.63) is 83.9 Å². The first-order valence-electron chi connectivity index (χ1n) is 8.89. The molecule has 1 N–H and O–H groups in total. The van der Waals surface area contributed by atoms with Crippen molar-refractivity contribution in [2.24, 2.45) is 0 Å². The predicted molar refractivity (Wildman–Crippen MR) is 104 cm³/mol. The van der Waals surface area contributed by atoms with Gasteiger partial charge in [0.25, 0.3) is 0 Å². The van der Waals surface area contributed by atoms with Crippen LogP contribution in [-0.2, 0) is 11.3 Å². The van der Waals surface area contributed by atoms with Gasteiger partial charge in [0.2, 0.25) is 12.7 Å². The number of halogens is 1. The maximum Gasteiger partial charge on any atom is 0.244 e. The molecule has 0 saturated heterocycles. The summed E-state index contributed by atoms with van der Waals surface area (Å²) in [5.41, 5.74) is 1.43. The average molecular weight is 392 g/mol. The van der Waals surface area contributed by atoms with Crippen molar-refractivity contribution in [3.8, 4) is 23.0 Å². The lowest BCUT2D eigenvalue weighted by atomic mass is 10.2. The molecular weight excluding hydrogens is 375 g/mol. The van der Waals surface area contributed by atoms with E-state index in [9.17, 15) is 9.18 Å². The molecule has 2 aromatic carbocycles. The van der Waals surface area contributed by atoms with Gasteiger partial charge in [-0.3, -0.25) is 9.78 Å². The minimum Gasteiger partial charge on any atom is -0.454 e. The zero-order valence-electron chi connectivity index (χ0n) is 15.3. The molecule has 146 valence electrons. The molecule has 0 spiro atoms. The van der Waals surface area contributed by atoms with Crippen LogP contribution in [-0.4, -0.2) is 17.7 Å². The Labute approximate surface area is 166 Å². The second-order valence-corrected chi connectivity index (χ2v) is 6.22. The second kappa shape index (κ2) is 8.43. The third-order valence-corrected chi connectivity index (χ3v) is 4.15. The molecule has 3 aromatic rings. The van der Waals surface area contributed by atoms with Gasteiger partial charge in [0.15, 0.2) is 23.1 Å². The van der Waals surface area contributed by atoms with Crippen LogP contribution in [0.3, 0.4) is 0 Å². The Hall–Kier alpha value is -3.87. The van der Waals surface area contributed by atoms with E-state index in [0.717, 1.165) is 5.56 Å². The standard InChI is InChI=1S/C22H17FN2O4/c23-18-10-15(3-6-19(18)29-17-2-1-9-24-13-17)5-8-22(26)25-12-16-4-7-20-21(11-16)28-14-27-20/h1-11,13H,12,14H2,(H,25,26)/b8-5+. The number of hydrogen-bond donors (Lipinski definition) is 1. The Morgan fingerprint density at radius 2 is 2.07 bits per heavy atom. The van der Waals surface area contributed by atoms with Crippen LogP contribution >= 0.6 is 0 Å². The Bertz CT molecular complexity index is 1050. The highest BCUT2D eigenvalue weighted by atomic mass is 19.1. The molecule has 6 nitrogen and oxygen atoms in total. The summed E-state index contributed by atoms with van der Waals surface area (Å²) in [7, 11) is 0. The van der Waals surface area contributed by atoms with E-state index in [0.29, 0.717) is 29.4 Å². The predicted octanol–water partition coefficient (Wildman–Crippen LogP) is 4.07. The van der Waals surface area contributed by atoms with Gasteiger partial charge in [0, 0.05) is 18.8 Å². The van der Waals surface area contributed by atoms with E-state index in [2.05, 4.69) is 10.3 Å². The summed E-state index contributed by atoms with van der Waals surface area (Å²) >= 11 is 0. The number of ether oxygens (including phenoxy) is 3. The van der Waals surface area contributed by atoms with Crippen LogP contribution < -0.4 is 19.5 Å². The highest BCUT2D eigenvalue weighted by molar-refractivity contribution is 5.91. The smallest absolute Gasteiger partial charge is 0.244 e. The fourth-order valence-electron chi connectivity index (χ4n) is 2.71. The summed E-state index contributed by atoms with van der Waals surface area (Å²) in [6, 6.07) is 13.3. The topological polar surface area (TPSA) is 69.7 Å². The second-order valence-electron chi connectivity index (χ2n) is 6.22. The number of aromatic nitrogens is 1. The van der Waals surface area contributed by atoms with Gasteiger partial charge in [-0.2, -0.15) is 0 Å². The molecular formula is C22H17FN2O4. The summed E-state index contributed by atoms with van der Waals surface area (Å²) in [6.45, 7) is 0.544. The summed E-state index contributed by atoms with van der Waals surface area (Å²) in [5, 5.41) is 2.77. The van der Waals surface area contributed by atoms with Crippen molar-refractivity contribution in [1.82, 2.24) is 10.3 Å². The number of nitrogens with zero attached hydrogens (tertiary/aromatic N) is 1. The van der Waals surface area contributed by atoms with Gasteiger partial charge in [0.05, 0.1) is 6.20 Å². The maximum atomic E-state index is 14.2. The third-order valence-electron chi connectivity index (χ3n) is 4.15. The number of fused-ring (bicyclic) bond motifs is 1. The van der Waals surface area contributed by atoms with Gasteiger partial charge >= 0.3 is 0 Å². The van der Waals surface area contributed by atoms with Gasteiger partial charge in [0.1, 0.15) is 5.75 Å². The number of carbonyl (C=O) groups is 1. The van der Waals surface area contributed by atoms with Gasteiger partial charge in [-0.25, -0.2) is 4.39 Å². The summed E-state index contributed by atoms with van der Waals surface area (Å²) < 4.78 is 30.3. The van der Waals surface area contributed by atoms with Crippen LogP contribution in [0.25, 0.3) is 6.08 Å². The molecule has 2 heterocycles. The molecule has 0 aliphatic carbocycles. The minimum absolute atomic E-state index is 0.0856. The molecule has 0 fully saturated rings. The van der Waals surface area contributed by atoms with E-state index in [1.165, 1.54) is 30.5 Å². The normalized spacial score (nSPS) is 12.2. The number of carbonyl (C=O) groups excluding carboxylic acids is 1. The first kappa shape index (κ1) is 18.5. The van der Waals surface area contributed by atoms with Crippen LogP contribution in [0.1, 0.15) is 11.1 Å². The summed E-state index contributed by atoms with van der Waals surface area (Å²) in [4.78, 5) is 16.0. The van der Waals surface area contributed by atoms with Crippen LogP contribution in [0.2, 0.25) is 0 Å². The lowest BCUT2D eigenvalue weighted by Crippen LogP contribution is -2.20. The fraction of sp³-hybridized carbons (Fsp3) is 0.0909. The molecule has 29 heavy (non-hydrogen) atoms. The fourth-order valence-corrected chi connectivity index (χ4v) is 2.71. The lowest BCUT2D eigenvalue weighted by molar-refractivity contribution is -0.116. The number of pyridine rings is 1. The molecule has 7 heteroatoms. The van der Waals surface area contributed by atoms with Crippen molar-refractivity contribution < 1.29 is 23.4 Å². The summed E-state index contributed by atoms with van der Waals surface area (Å²) in [5.74, 6) is 1.06. The van der Waals surface area contributed by atoms with E-state index < -0.39 is 5.82 Å². The van der Waals surface area contributed by atoms with Crippen LogP contribution in [0.15, 0.2) is 67.0 Å². The monoisotopic (exact) mass is 392 g/mol. The van der Waals surface area contributed by atoms with E-state index >= 15 is 0 Å². The van der Waals surface area contributed by atoms with E-state index in [1.807, 2.05) is 12.1 Å². The third kappa shape index (κ3) is 4.70. The average Bonchev–Trinajstić information content (AvgIpc) is 3.21. The molecule has 1 aliphatic heterocycles. The Balaban J connectivity index is 1.33. The largest absolute Gasteiger partial charge is 0.454 e. The van der Waals surface area contributed by atoms with Crippen LogP contribution in [0, 0.1) is 5.82 Å². The van der Waals surface area contributed by atoms with Crippen molar-refractivity contribution in [3.63, 3.8) is 0 Å². The van der Waals surface area contributed by atoms with Crippen molar-refractivity contribution in [1.29, 1.82) is 0 Å². The number of amides is 1. The molecule has 0 unspecified atom stereocenters. The minimum atomic E-state index is -0.531. The lowest BCUT2D eigenvalue weighted by Gasteiger charge is -2.06. The SMILES string of the molecule is O=C(/C=C/c1ccc(Oc2cccnc2)c(F)c1)NCc1ccc2c(c1)OCO2. The first-order valence-corrected chi connectivity index (χ1v) is 8.89. The number of hydrogen-bond acceptors (Lipinski definition) is 5. The molecule has 4 rings (SSSR count). The zero-order valence-corrected chi connectivity index (χ0v) is 15.3. The highest BCUT2D eigenvalue weighted by Gasteiger charge is 2.13. The Morgan fingerprint density at radius 1 is 1.17 bits per heavy atom. The van der Waals surface area contributed by atoms with Gasteiger partial charge in [-0.1, -0.05) is 12.1 Å². The van der Waals surface area contributed by atoms with Crippen molar-refractivity contribution in [2.45, 2.75) is 6.54 Å². The molecule has 0 atom stereocenters. The van der Waals surface area contributed by atoms with Gasteiger partial charge in [-0.15, -0.1) is 0 Å². The zero-order chi connectivity index (χ0) is 20.1.